The molecule has 0 amide bonds. The zero-order valence-electron chi connectivity index (χ0n) is 10.1. The fraction of sp³-hybridized carbons (Fsp3) is 0.538. The van der Waals surface area contributed by atoms with Gasteiger partial charge in [0.05, 0.1) is 0 Å². The molecule has 0 radical (unpaired) electrons. The molecule has 0 bridgehead atoms. The minimum atomic E-state index is -0.165. The fourth-order valence-corrected chi connectivity index (χ4v) is 1.55. The Morgan fingerprint density at radius 2 is 2.12 bits per heavy atom. The maximum atomic E-state index is 13.0. The largest absolute Gasteiger partial charge is 0.385 e. The second kappa shape index (κ2) is 7.36. The van der Waals surface area contributed by atoms with Crippen molar-refractivity contribution in [2.75, 3.05) is 20.3 Å². The van der Waals surface area contributed by atoms with E-state index in [0.29, 0.717) is 0 Å². The Labute approximate surface area is 96.8 Å². The lowest BCUT2D eigenvalue weighted by Gasteiger charge is -2.07. The summed E-state index contributed by atoms with van der Waals surface area (Å²) in [4.78, 5) is 0. The molecule has 0 unspecified atom stereocenters. The van der Waals surface area contributed by atoms with Gasteiger partial charge in [0.15, 0.2) is 0 Å². The van der Waals surface area contributed by atoms with Gasteiger partial charge in [0.2, 0.25) is 0 Å². The summed E-state index contributed by atoms with van der Waals surface area (Å²) in [6.45, 7) is 4.48. The molecule has 1 N–H and O–H groups in total. The van der Waals surface area contributed by atoms with Gasteiger partial charge >= 0.3 is 0 Å². The van der Waals surface area contributed by atoms with E-state index in [1.165, 1.54) is 6.07 Å². The molecule has 0 aliphatic heterocycles. The molecule has 0 aliphatic carbocycles. The molecule has 0 fully saturated rings. The van der Waals surface area contributed by atoms with Crippen LogP contribution < -0.4 is 5.32 Å². The SMILES string of the molecule is COCCCCNCc1cc(F)ccc1C. The molecule has 90 valence electrons. The van der Waals surface area contributed by atoms with Crippen molar-refractivity contribution in [2.24, 2.45) is 0 Å². The van der Waals surface area contributed by atoms with Gasteiger partial charge in [-0.15, -0.1) is 0 Å². The molecule has 0 saturated heterocycles. The molecular formula is C13H20FNO. The standard InChI is InChI=1S/C13H20FNO/c1-11-5-6-13(14)9-12(11)10-15-7-3-4-8-16-2/h5-6,9,15H,3-4,7-8,10H2,1-2H3. The zero-order chi connectivity index (χ0) is 11.8. The third-order valence-corrected chi connectivity index (χ3v) is 2.58. The van der Waals surface area contributed by atoms with E-state index in [1.54, 1.807) is 13.2 Å². The lowest BCUT2D eigenvalue weighted by atomic mass is 10.1. The van der Waals surface area contributed by atoms with Crippen LogP contribution in [0.2, 0.25) is 0 Å². The summed E-state index contributed by atoms with van der Waals surface area (Å²) >= 11 is 0. The van der Waals surface area contributed by atoms with E-state index in [4.69, 9.17) is 4.74 Å². The van der Waals surface area contributed by atoms with Gasteiger partial charge in [-0.25, -0.2) is 4.39 Å². The van der Waals surface area contributed by atoms with Crippen LogP contribution >= 0.6 is 0 Å². The number of rotatable bonds is 7. The van der Waals surface area contributed by atoms with Crippen molar-refractivity contribution >= 4 is 0 Å². The first-order valence-electron chi connectivity index (χ1n) is 5.68. The predicted molar refractivity (Wildman–Crippen MR) is 64.0 cm³/mol. The normalized spacial score (nSPS) is 10.7. The van der Waals surface area contributed by atoms with Crippen molar-refractivity contribution in [3.8, 4) is 0 Å². The molecule has 0 heterocycles. The number of benzene rings is 1. The Morgan fingerprint density at radius 1 is 1.31 bits per heavy atom. The van der Waals surface area contributed by atoms with Crippen molar-refractivity contribution in [2.45, 2.75) is 26.3 Å². The summed E-state index contributed by atoms with van der Waals surface area (Å²) in [6.07, 6.45) is 2.15. The first-order valence-corrected chi connectivity index (χ1v) is 5.68. The Balaban J connectivity index is 2.23. The molecule has 3 heteroatoms. The molecule has 2 nitrogen and oxygen atoms in total. The van der Waals surface area contributed by atoms with E-state index in [-0.39, 0.29) is 5.82 Å². The highest BCUT2D eigenvalue weighted by molar-refractivity contribution is 5.26. The highest BCUT2D eigenvalue weighted by atomic mass is 19.1. The third-order valence-electron chi connectivity index (χ3n) is 2.58. The van der Waals surface area contributed by atoms with E-state index < -0.39 is 0 Å². The number of unbranched alkanes of at least 4 members (excludes halogenated alkanes) is 1. The molecule has 16 heavy (non-hydrogen) atoms. The Morgan fingerprint density at radius 3 is 2.88 bits per heavy atom. The van der Waals surface area contributed by atoms with Crippen LogP contribution in [-0.4, -0.2) is 20.3 Å². The van der Waals surface area contributed by atoms with Crippen LogP contribution in [0.3, 0.4) is 0 Å². The van der Waals surface area contributed by atoms with Crippen molar-refractivity contribution in [1.82, 2.24) is 5.32 Å². The maximum Gasteiger partial charge on any atom is 0.123 e. The van der Waals surface area contributed by atoms with Gasteiger partial charge in [0, 0.05) is 20.3 Å². The second-order valence-electron chi connectivity index (χ2n) is 3.95. The van der Waals surface area contributed by atoms with Crippen molar-refractivity contribution in [3.05, 3.63) is 35.1 Å². The Kier molecular flexibility index (Phi) is 6.04. The third kappa shape index (κ3) is 4.73. The summed E-state index contributed by atoms with van der Waals surface area (Å²) in [5.41, 5.74) is 2.16. The highest BCUT2D eigenvalue weighted by Gasteiger charge is 1.99. The van der Waals surface area contributed by atoms with E-state index >= 15 is 0 Å². The smallest absolute Gasteiger partial charge is 0.123 e. The van der Waals surface area contributed by atoms with Gasteiger partial charge in [0.1, 0.15) is 5.82 Å². The zero-order valence-corrected chi connectivity index (χ0v) is 10.1. The van der Waals surface area contributed by atoms with Gasteiger partial charge in [-0.3, -0.25) is 0 Å². The average Bonchev–Trinajstić information content (AvgIpc) is 2.28. The quantitative estimate of drug-likeness (QED) is 0.720. The second-order valence-corrected chi connectivity index (χ2v) is 3.95. The molecule has 0 spiro atoms. The fourth-order valence-electron chi connectivity index (χ4n) is 1.55. The number of hydrogen-bond acceptors (Lipinski definition) is 2. The van der Waals surface area contributed by atoms with E-state index in [1.807, 2.05) is 13.0 Å². The van der Waals surface area contributed by atoms with E-state index in [2.05, 4.69) is 5.32 Å². The molecule has 0 aliphatic rings. The van der Waals surface area contributed by atoms with E-state index in [0.717, 1.165) is 43.7 Å². The average molecular weight is 225 g/mol. The summed E-state index contributed by atoms with van der Waals surface area (Å²) in [5, 5.41) is 3.31. The van der Waals surface area contributed by atoms with Crippen LogP contribution in [0.15, 0.2) is 18.2 Å². The molecule has 0 atom stereocenters. The predicted octanol–water partition coefficient (Wildman–Crippen LogP) is 2.65. The summed E-state index contributed by atoms with van der Waals surface area (Å²) in [7, 11) is 1.71. The van der Waals surface area contributed by atoms with Gasteiger partial charge in [-0.2, -0.15) is 0 Å². The number of methoxy groups -OCH3 is 1. The Hall–Kier alpha value is -0.930. The van der Waals surface area contributed by atoms with Crippen molar-refractivity contribution in [1.29, 1.82) is 0 Å². The lowest BCUT2D eigenvalue weighted by Crippen LogP contribution is -2.16. The maximum absolute atomic E-state index is 13.0. The minimum Gasteiger partial charge on any atom is -0.385 e. The number of hydrogen-bond donors (Lipinski definition) is 1. The van der Waals surface area contributed by atoms with Crippen LogP contribution in [-0.2, 0) is 11.3 Å². The summed E-state index contributed by atoms with van der Waals surface area (Å²) < 4.78 is 17.9. The number of ether oxygens (including phenoxy) is 1. The van der Waals surface area contributed by atoms with Crippen molar-refractivity contribution in [3.63, 3.8) is 0 Å². The van der Waals surface area contributed by atoms with Crippen LogP contribution in [0.4, 0.5) is 4.39 Å². The van der Waals surface area contributed by atoms with E-state index in [9.17, 15) is 4.39 Å². The first-order chi connectivity index (χ1) is 7.74. The Bertz CT molecular complexity index is 315. The molecule has 1 aromatic carbocycles. The van der Waals surface area contributed by atoms with Gasteiger partial charge in [-0.05, 0) is 49.6 Å². The van der Waals surface area contributed by atoms with Crippen LogP contribution in [0, 0.1) is 12.7 Å². The van der Waals surface area contributed by atoms with Crippen LogP contribution in [0.5, 0.6) is 0 Å². The van der Waals surface area contributed by atoms with Gasteiger partial charge in [-0.1, -0.05) is 6.07 Å². The molecular weight excluding hydrogens is 205 g/mol. The molecule has 1 rings (SSSR count). The number of nitrogens with one attached hydrogen (secondary N) is 1. The summed E-state index contributed by atoms with van der Waals surface area (Å²) in [6, 6.07) is 4.91. The first kappa shape index (κ1) is 13.1. The topological polar surface area (TPSA) is 21.3 Å². The van der Waals surface area contributed by atoms with Crippen LogP contribution in [0.25, 0.3) is 0 Å². The summed E-state index contributed by atoms with van der Waals surface area (Å²) in [5.74, 6) is -0.165. The minimum absolute atomic E-state index is 0.165. The number of aryl methyl sites for hydroxylation is 1. The highest BCUT2D eigenvalue weighted by Crippen LogP contribution is 2.09. The van der Waals surface area contributed by atoms with Gasteiger partial charge in [0.25, 0.3) is 0 Å². The monoisotopic (exact) mass is 225 g/mol. The number of halogens is 1. The van der Waals surface area contributed by atoms with Crippen LogP contribution in [0.1, 0.15) is 24.0 Å². The molecule has 0 saturated carbocycles. The molecule has 1 aromatic rings. The molecule has 0 aromatic heterocycles. The lowest BCUT2D eigenvalue weighted by molar-refractivity contribution is 0.192. The van der Waals surface area contributed by atoms with Crippen molar-refractivity contribution < 1.29 is 9.13 Å². The van der Waals surface area contributed by atoms with Gasteiger partial charge < -0.3 is 10.1 Å².